The van der Waals surface area contributed by atoms with Crippen molar-refractivity contribution in [2.45, 2.75) is 23.2 Å². The number of amides is 1. The minimum Gasteiger partial charge on any atom is -0.325 e. The van der Waals surface area contributed by atoms with E-state index in [4.69, 9.17) is 11.6 Å². The van der Waals surface area contributed by atoms with E-state index in [1.54, 1.807) is 0 Å². The van der Waals surface area contributed by atoms with Gasteiger partial charge in [0.1, 0.15) is 0 Å². The van der Waals surface area contributed by atoms with Gasteiger partial charge in [0.05, 0.1) is 16.5 Å². The number of hydrogen-bond donors (Lipinski definition) is 1. The summed E-state index contributed by atoms with van der Waals surface area (Å²) in [5.74, 6) is -2.82. The first-order chi connectivity index (χ1) is 11.6. The van der Waals surface area contributed by atoms with Crippen LogP contribution < -0.4 is 5.32 Å². The number of rotatable bonds is 4. The summed E-state index contributed by atoms with van der Waals surface area (Å²) in [6.45, 7) is 1.43. The molecule has 1 unspecified atom stereocenters. The zero-order chi connectivity index (χ0) is 18.8. The summed E-state index contributed by atoms with van der Waals surface area (Å²) in [5, 5.41) is 1.22. The van der Waals surface area contributed by atoms with Crippen LogP contribution in [0.5, 0.6) is 0 Å². The van der Waals surface area contributed by atoms with Gasteiger partial charge >= 0.3 is 6.18 Å². The average Bonchev–Trinajstić information content (AvgIpc) is 2.51. The molecule has 1 amide bonds. The number of carbonyl (C=O) groups is 1. The highest BCUT2D eigenvalue weighted by atomic mass is 35.5. The Morgan fingerprint density at radius 1 is 1.12 bits per heavy atom. The standard InChI is InChI=1S/C16H11ClF5NOS/c1-8(25-10-3-4-12(18)13(19)7-10)15(24)23-14-5-2-9(17)6-11(14)16(20,21)22/h2-8H,1H3,(H,23,24). The maximum Gasteiger partial charge on any atom is 0.418 e. The summed E-state index contributed by atoms with van der Waals surface area (Å²) in [7, 11) is 0. The Bertz CT molecular complexity index is 797. The predicted molar refractivity (Wildman–Crippen MR) is 86.8 cm³/mol. The number of carbonyl (C=O) groups excluding carboxylic acids is 1. The van der Waals surface area contributed by atoms with Crippen molar-refractivity contribution in [3.8, 4) is 0 Å². The SMILES string of the molecule is CC(Sc1ccc(F)c(F)c1)C(=O)Nc1ccc(Cl)cc1C(F)(F)F. The highest BCUT2D eigenvalue weighted by Gasteiger charge is 2.34. The normalized spacial score (nSPS) is 12.8. The molecular weight excluding hydrogens is 385 g/mol. The Labute approximate surface area is 149 Å². The monoisotopic (exact) mass is 395 g/mol. The van der Waals surface area contributed by atoms with Crippen LogP contribution in [0.25, 0.3) is 0 Å². The number of benzene rings is 2. The Balaban J connectivity index is 2.15. The topological polar surface area (TPSA) is 29.1 Å². The summed E-state index contributed by atoms with van der Waals surface area (Å²) < 4.78 is 65.1. The molecule has 1 N–H and O–H groups in total. The Hall–Kier alpha value is -1.80. The molecule has 1 atom stereocenters. The van der Waals surface area contributed by atoms with E-state index in [0.717, 1.165) is 30.0 Å². The van der Waals surface area contributed by atoms with Crippen molar-refractivity contribution >= 4 is 35.0 Å². The zero-order valence-electron chi connectivity index (χ0n) is 12.6. The molecule has 0 radical (unpaired) electrons. The minimum atomic E-state index is -4.69. The smallest absolute Gasteiger partial charge is 0.325 e. The fourth-order valence-corrected chi connectivity index (χ4v) is 2.97. The van der Waals surface area contributed by atoms with Crippen LogP contribution in [0.1, 0.15) is 12.5 Å². The van der Waals surface area contributed by atoms with Gasteiger partial charge in [0.15, 0.2) is 11.6 Å². The first-order valence-electron chi connectivity index (χ1n) is 6.87. The van der Waals surface area contributed by atoms with Gasteiger partial charge in [-0.25, -0.2) is 8.78 Å². The van der Waals surface area contributed by atoms with Crippen LogP contribution in [0.15, 0.2) is 41.3 Å². The second-order valence-corrected chi connectivity index (χ2v) is 6.86. The highest BCUT2D eigenvalue weighted by molar-refractivity contribution is 8.00. The van der Waals surface area contributed by atoms with E-state index >= 15 is 0 Å². The van der Waals surface area contributed by atoms with E-state index in [0.29, 0.717) is 6.07 Å². The van der Waals surface area contributed by atoms with Crippen LogP contribution in [0.3, 0.4) is 0 Å². The van der Waals surface area contributed by atoms with Crippen molar-refractivity contribution in [1.29, 1.82) is 0 Å². The van der Waals surface area contributed by atoms with Crippen molar-refractivity contribution in [3.63, 3.8) is 0 Å². The highest BCUT2D eigenvalue weighted by Crippen LogP contribution is 2.37. The maximum absolute atomic E-state index is 13.2. The fraction of sp³-hybridized carbons (Fsp3) is 0.188. The van der Waals surface area contributed by atoms with E-state index in [1.165, 1.54) is 19.1 Å². The van der Waals surface area contributed by atoms with E-state index in [-0.39, 0.29) is 9.92 Å². The number of thioether (sulfide) groups is 1. The van der Waals surface area contributed by atoms with Crippen molar-refractivity contribution in [3.05, 3.63) is 58.6 Å². The second-order valence-electron chi connectivity index (χ2n) is 5.01. The zero-order valence-corrected chi connectivity index (χ0v) is 14.2. The molecule has 0 aliphatic heterocycles. The third-order valence-corrected chi connectivity index (χ3v) is 4.45. The molecule has 2 rings (SSSR count). The first kappa shape index (κ1) is 19.5. The van der Waals surface area contributed by atoms with E-state index in [1.807, 2.05) is 0 Å². The molecule has 2 nitrogen and oxygen atoms in total. The lowest BCUT2D eigenvalue weighted by Crippen LogP contribution is -2.24. The van der Waals surface area contributed by atoms with E-state index < -0.39 is 40.2 Å². The largest absolute Gasteiger partial charge is 0.418 e. The van der Waals surface area contributed by atoms with Crippen LogP contribution in [-0.2, 0) is 11.0 Å². The van der Waals surface area contributed by atoms with Crippen molar-refractivity contribution in [2.75, 3.05) is 5.32 Å². The second kappa shape index (κ2) is 7.61. The Morgan fingerprint density at radius 3 is 2.40 bits per heavy atom. The third kappa shape index (κ3) is 5.09. The molecule has 0 aliphatic rings. The van der Waals surface area contributed by atoms with Gasteiger partial charge in [-0.05, 0) is 43.3 Å². The molecule has 9 heteroatoms. The molecule has 134 valence electrons. The van der Waals surface area contributed by atoms with Gasteiger partial charge in [-0.1, -0.05) is 11.6 Å². The van der Waals surface area contributed by atoms with Crippen molar-refractivity contribution in [2.24, 2.45) is 0 Å². The molecule has 25 heavy (non-hydrogen) atoms. The third-order valence-electron chi connectivity index (χ3n) is 3.12. The summed E-state index contributed by atoms with van der Waals surface area (Å²) in [6.07, 6.45) is -4.69. The molecule has 0 bridgehead atoms. The van der Waals surface area contributed by atoms with Gasteiger partial charge in [-0.15, -0.1) is 11.8 Å². The van der Waals surface area contributed by atoms with Gasteiger partial charge in [-0.3, -0.25) is 4.79 Å². The quantitative estimate of drug-likeness (QED) is 0.527. The molecule has 2 aromatic carbocycles. The Morgan fingerprint density at radius 2 is 1.80 bits per heavy atom. The fourth-order valence-electron chi connectivity index (χ4n) is 1.90. The molecule has 0 aromatic heterocycles. The summed E-state index contributed by atoms with van der Waals surface area (Å²) in [6, 6.07) is 6.08. The summed E-state index contributed by atoms with van der Waals surface area (Å²) in [4.78, 5) is 12.4. The molecule has 0 saturated carbocycles. The maximum atomic E-state index is 13.2. The van der Waals surface area contributed by atoms with Gasteiger partial charge < -0.3 is 5.32 Å². The van der Waals surface area contributed by atoms with Crippen LogP contribution in [0, 0.1) is 11.6 Å². The van der Waals surface area contributed by atoms with Crippen LogP contribution in [0.4, 0.5) is 27.6 Å². The Kier molecular flexibility index (Phi) is 5.95. The molecular formula is C16H11ClF5NOS. The van der Waals surface area contributed by atoms with E-state index in [9.17, 15) is 26.7 Å². The predicted octanol–water partition coefficient (Wildman–Crippen LogP) is 5.76. The van der Waals surface area contributed by atoms with Gasteiger partial charge in [0.25, 0.3) is 0 Å². The molecule has 0 aliphatic carbocycles. The van der Waals surface area contributed by atoms with Gasteiger partial charge in [-0.2, -0.15) is 13.2 Å². The number of halogens is 6. The minimum absolute atomic E-state index is 0.116. The molecule has 0 spiro atoms. The summed E-state index contributed by atoms with van der Waals surface area (Å²) in [5.41, 5.74) is -1.50. The summed E-state index contributed by atoms with van der Waals surface area (Å²) >= 11 is 6.46. The molecule has 0 heterocycles. The van der Waals surface area contributed by atoms with E-state index in [2.05, 4.69) is 5.32 Å². The first-order valence-corrected chi connectivity index (χ1v) is 8.13. The van der Waals surface area contributed by atoms with Crippen molar-refractivity contribution in [1.82, 2.24) is 0 Å². The number of hydrogen-bond acceptors (Lipinski definition) is 2. The molecule has 0 fully saturated rings. The average molecular weight is 396 g/mol. The van der Waals surface area contributed by atoms with Gasteiger partial charge in [0, 0.05) is 9.92 Å². The molecule has 2 aromatic rings. The van der Waals surface area contributed by atoms with Crippen molar-refractivity contribution < 1.29 is 26.7 Å². The van der Waals surface area contributed by atoms with Gasteiger partial charge in [0.2, 0.25) is 5.91 Å². The number of alkyl halides is 3. The lowest BCUT2D eigenvalue weighted by Gasteiger charge is -2.16. The van der Waals surface area contributed by atoms with Crippen LogP contribution >= 0.6 is 23.4 Å². The van der Waals surface area contributed by atoms with Crippen LogP contribution in [0.2, 0.25) is 5.02 Å². The lowest BCUT2D eigenvalue weighted by molar-refractivity contribution is -0.137. The number of nitrogens with one attached hydrogen (secondary N) is 1. The molecule has 0 saturated heterocycles. The number of anilines is 1. The van der Waals surface area contributed by atoms with Crippen LogP contribution in [-0.4, -0.2) is 11.2 Å². The lowest BCUT2D eigenvalue weighted by atomic mass is 10.1.